The van der Waals surface area contributed by atoms with Gasteiger partial charge in [-0.25, -0.2) is 8.42 Å². The average Bonchev–Trinajstić information content (AvgIpc) is 2.65. The van der Waals surface area contributed by atoms with Crippen LogP contribution in [0.25, 0.3) is 10.8 Å². The molecule has 3 aromatic carbocycles. The van der Waals surface area contributed by atoms with Crippen LogP contribution in [0.1, 0.15) is 18.0 Å². The predicted octanol–water partition coefficient (Wildman–Crippen LogP) is 3.68. The Morgan fingerprint density at radius 1 is 0.962 bits per heavy atom. The van der Waals surface area contributed by atoms with E-state index in [4.69, 9.17) is 0 Å². The first kappa shape index (κ1) is 18.1. The highest BCUT2D eigenvalue weighted by Gasteiger charge is 2.30. The molecule has 0 bridgehead atoms. The fraction of sp³-hybridized carbons (Fsp3) is 0.150. The van der Waals surface area contributed by atoms with Crippen molar-refractivity contribution in [1.82, 2.24) is 4.31 Å². The molecule has 0 aliphatic rings. The summed E-state index contributed by atoms with van der Waals surface area (Å²) in [7, 11) is -2.43. The van der Waals surface area contributed by atoms with Crippen LogP contribution in [0.3, 0.4) is 0 Å². The lowest BCUT2D eigenvalue weighted by Gasteiger charge is -2.27. The second-order valence-electron chi connectivity index (χ2n) is 6.05. The van der Waals surface area contributed by atoms with Crippen LogP contribution in [0.2, 0.25) is 0 Å². The Labute approximate surface area is 152 Å². The van der Waals surface area contributed by atoms with E-state index in [2.05, 4.69) is 0 Å². The van der Waals surface area contributed by atoms with Crippen molar-refractivity contribution in [3.05, 3.63) is 78.4 Å². The first-order chi connectivity index (χ1) is 12.4. The highest BCUT2D eigenvalue weighted by Crippen LogP contribution is 2.30. The third-order valence-corrected chi connectivity index (χ3v) is 6.25. The third kappa shape index (κ3) is 3.61. The van der Waals surface area contributed by atoms with Gasteiger partial charge in [-0.2, -0.15) is 4.31 Å². The zero-order chi connectivity index (χ0) is 18.7. The zero-order valence-corrected chi connectivity index (χ0v) is 15.1. The Balaban J connectivity index is 2.03. The topological polar surface area (TPSA) is 74.7 Å². The normalized spacial score (nSPS) is 13.0. The number of carbonyl (C=O) groups is 1. The molecule has 1 unspecified atom stereocenters. The molecule has 6 heteroatoms. The first-order valence-electron chi connectivity index (χ1n) is 8.13. The molecule has 0 saturated heterocycles. The van der Waals surface area contributed by atoms with Gasteiger partial charge in [0, 0.05) is 7.05 Å². The lowest BCUT2D eigenvalue weighted by Crippen LogP contribution is -2.32. The summed E-state index contributed by atoms with van der Waals surface area (Å²) >= 11 is 0. The first-order valence-corrected chi connectivity index (χ1v) is 9.57. The molecule has 134 valence electrons. The Hall–Kier alpha value is -2.70. The van der Waals surface area contributed by atoms with Crippen LogP contribution in [0.4, 0.5) is 0 Å². The summed E-state index contributed by atoms with van der Waals surface area (Å²) in [6, 6.07) is 20.4. The van der Waals surface area contributed by atoms with Gasteiger partial charge in [0.1, 0.15) is 0 Å². The maximum atomic E-state index is 13.1. The van der Waals surface area contributed by atoms with E-state index >= 15 is 0 Å². The lowest BCUT2D eigenvalue weighted by atomic mass is 10.0. The van der Waals surface area contributed by atoms with E-state index in [9.17, 15) is 18.3 Å². The van der Waals surface area contributed by atoms with Gasteiger partial charge in [-0.3, -0.25) is 4.79 Å². The molecule has 0 aliphatic heterocycles. The van der Waals surface area contributed by atoms with E-state index in [0.29, 0.717) is 5.56 Å². The summed E-state index contributed by atoms with van der Waals surface area (Å²) in [6.07, 6.45) is -0.312. The fourth-order valence-corrected chi connectivity index (χ4v) is 4.34. The van der Waals surface area contributed by atoms with Gasteiger partial charge in [-0.05, 0) is 28.5 Å². The molecular weight excluding hydrogens is 350 g/mol. The Morgan fingerprint density at radius 2 is 1.58 bits per heavy atom. The molecule has 1 N–H and O–H groups in total. The Kier molecular flexibility index (Phi) is 5.06. The summed E-state index contributed by atoms with van der Waals surface area (Å²) in [5, 5.41) is 11.0. The maximum Gasteiger partial charge on any atom is 0.305 e. The van der Waals surface area contributed by atoms with Crippen LogP contribution in [-0.4, -0.2) is 30.8 Å². The third-order valence-electron chi connectivity index (χ3n) is 4.39. The van der Waals surface area contributed by atoms with Crippen molar-refractivity contribution in [3.63, 3.8) is 0 Å². The second kappa shape index (κ2) is 7.27. The standard InChI is InChI=1S/C20H19NO4S/c1-21(19(14-20(22)23)16-8-3-2-4-9-16)26(24,25)18-12-11-15-7-5-6-10-17(15)13-18/h2-13,19H,14H2,1H3,(H,22,23). The Bertz CT molecular complexity index is 1030. The van der Waals surface area contributed by atoms with Crippen molar-refractivity contribution in [2.45, 2.75) is 17.4 Å². The molecule has 0 saturated carbocycles. The Morgan fingerprint density at radius 3 is 2.23 bits per heavy atom. The number of nitrogens with zero attached hydrogens (tertiary/aromatic N) is 1. The molecule has 0 aliphatic carbocycles. The number of hydrogen-bond donors (Lipinski definition) is 1. The SMILES string of the molecule is CN(C(CC(=O)O)c1ccccc1)S(=O)(=O)c1ccc2ccccc2c1. The fourth-order valence-electron chi connectivity index (χ4n) is 2.96. The zero-order valence-electron chi connectivity index (χ0n) is 14.2. The van der Waals surface area contributed by atoms with Crippen LogP contribution in [-0.2, 0) is 14.8 Å². The van der Waals surface area contributed by atoms with Gasteiger partial charge in [0.2, 0.25) is 10.0 Å². The van der Waals surface area contributed by atoms with E-state index in [-0.39, 0.29) is 11.3 Å². The van der Waals surface area contributed by atoms with E-state index in [1.807, 2.05) is 24.3 Å². The molecule has 0 radical (unpaired) electrons. The molecule has 0 spiro atoms. The highest BCUT2D eigenvalue weighted by atomic mass is 32.2. The van der Waals surface area contributed by atoms with Gasteiger partial charge in [0.05, 0.1) is 17.4 Å². The van der Waals surface area contributed by atoms with Gasteiger partial charge in [-0.1, -0.05) is 60.7 Å². The van der Waals surface area contributed by atoms with Crippen LogP contribution >= 0.6 is 0 Å². The minimum atomic E-state index is -3.85. The molecule has 0 aromatic heterocycles. The largest absolute Gasteiger partial charge is 0.481 e. The van der Waals surface area contributed by atoms with E-state index < -0.39 is 22.0 Å². The van der Waals surface area contributed by atoms with Crippen molar-refractivity contribution >= 4 is 26.8 Å². The van der Waals surface area contributed by atoms with Gasteiger partial charge >= 0.3 is 5.97 Å². The number of benzene rings is 3. The number of sulfonamides is 1. The molecule has 0 fully saturated rings. The monoisotopic (exact) mass is 369 g/mol. The molecule has 1 atom stereocenters. The summed E-state index contributed by atoms with van der Waals surface area (Å²) in [4.78, 5) is 11.4. The van der Waals surface area contributed by atoms with Crippen LogP contribution in [0, 0.1) is 0 Å². The second-order valence-corrected chi connectivity index (χ2v) is 8.05. The van der Waals surface area contributed by atoms with E-state index in [0.717, 1.165) is 15.1 Å². The van der Waals surface area contributed by atoms with E-state index in [1.165, 1.54) is 7.05 Å². The minimum Gasteiger partial charge on any atom is -0.481 e. The number of carboxylic acids is 1. The smallest absolute Gasteiger partial charge is 0.305 e. The quantitative estimate of drug-likeness (QED) is 0.719. The molecule has 3 aromatic rings. The number of hydrogen-bond acceptors (Lipinski definition) is 3. The highest BCUT2D eigenvalue weighted by molar-refractivity contribution is 7.89. The number of fused-ring (bicyclic) bond motifs is 1. The maximum absolute atomic E-state index is 13.1. The minimum absolute atomic E-state index is 0.144. The molecule has 5 nitrogen and oxygen atoms in total. The van der Waals surface area contributed by atoms with Gasteiger partial charge < -0.3 is 5.11 Å². The summed E-state index contributed by atoms with van der Waals surface area (Å²) in [5.41, 5.74) is 0.641. The van der Waals surface area contributed by atoms with Crippen molar-refractivity contribution in [1.29, 1.82) is 0 Å². The lowest BCUT2D eigenvalue weighted by molar-refractivity contribution is -0.138. The summed E-state index contributed by atoms with van der Waals surface area (Å²) < 4.78 is 27.3. The van der Waals surface area contributed by atoms with Gasteiger partial charge in [0.15, 0.2) is 0 Å². The van der Waals surface area contributed by atoms with Crippen molar-refractivity contribution in [2.24, 2.45) is 0 Å². The summed E-state index contributed by atoms with van der Waals surface area (Å²) in [6.45, 7) is 0. The average molecular weight is 369 g/mol. The number of aliphatic carboxylic acids is 1. The van der Waals surface area contributed by atoms with Crippen LogP contribution in [0.5, 0.6) is 0 Å². The molecule has 3 rings (SSSR count). The van der Waals surface area contributed by atoms with Crippen molar-refractivity contribution in [2.75, 3.05) is 7.05 Å². The van der Waals surface area contributed by atoms with Crippen molar-refractivity contribution < 1.29 is 18.3 Å². The van der Waals surface area contributed by atoms with Crippen LogP contribution < -0.4 is 0 Å². The van der Waals surface area contributed by atoms with E-state index in [1.54, 1.807) is 48.5 Å². The van der Waals surface area contributed by atoms with Crippen LogP contribution in [0.15, 0.2) is 77.7 Å². The molecule has 0 heterocycles. The molecule has 0 amide bonds. The summed E-state index contributed by atoms with van der Waals surface area (Å²) in [5.74, 6) is -1.06. The molecule has 26 heavy (non-hydrogen) atoms. The number of carboxylic acid groups (broad SMARTS) is 1. The van der Waals surface area contributed by atoms with Crippen molar-refractivity contribution in [3.8, 4) is 0 Å². The van der Waals surface area contributed by atoms with Gasteiger partial charge in [0.25, 0.3) is 0 Å². The predicted molar refractivity (Wildman–Crippen MR) is 100 cm³/mol. The van der Waals surface area contributed by atoms with Gasteiger partial charge in [-0.15, -0.1) is 0 Å². The number of rotatable bonds is 6. The molecular formula is C20H19NO4S.